The van der Waals surface area contributed by atoms with Crippen LogP contribution in [0, 0.1) is 11.3 Å². The Balaban J connectivity index is 1.80. The number of ether oxygens (including phenoxy) is 1. The molecule has 0 radical (unpaired) electrons. The Labute approximate surface area is 127 Å². The molecule has 0 amide bonds. The zero-order valence-electron chi connectivity index (χ0n) is 11.2. The predicted octanol–water partition coefficient (Wildman–Crippen LogP) is 3.43. The minimum absolute atomic E-state index is 0.285. The van der Waals surface area contributed by atoms with Crippen molar-refractivity contribution in [2.45, 2.75) is 4.90 Å². The van der Waals surface area contributed by atoms with E-state index in [2.05, 4.69) is 0 Å². The Morgan fingerprint density at radius 2 is 2.00 bits per heavy atom. The average molecular weight is 299 g/mol. The van der Waals surface area contributed by atoms with Crippen molar-refractivity contribution in [2.75, 3.05) is 12.4 Å². The number of aromatic carboxylic acids is 1. The first kappa shape index (κ1) is 14.9. The van der Waals surface area contributed by atoms with Gasteiger partial charge in [0.05, 0.1) is 23.8 Å². The fourth-order valence-electron chi connectivity index (χ4n) is 1.66. The molecule has 5 heteroatoms. The Kier molecular flexibility index (Phi) is 5.24. The fraction of sp³-hybridized carbons (Fsp3) is 0.125. The molecule has 0 aliphatic rings. The maximum absolute atomic E-state index is 10.9. The SMILES string of the molecule is N#Cc1ccc(OCCSc2cccc(C(=O)O)c2)cc1. The summed E-state index contributed by atoms with van der Waals surface area (Å²) in [7, 11) is 0. The van der Waals surface area contributed by atoms with Gasteiger partial charge in [0.25, 0.3) is 0 Å². The predicted molar refractivity (Wildman–Crippen MR) is 80.8 cm³/mol. The Hall–Kier alpha value is -2.45. The summed E-state index contributed by atoms with van der Waals surface area (Å²) >= 11 is 1.54. The van der Waals surface area contributed by atoms with Crippen molar-refractivity contribution in [1.82, 2.24) is 0 Å². The number of carboxylic acids is 1. The quantitative estimate of drug-likeness (QED) is 0.653. The molecule has 2 aromatic carbocycles. The molecule has 106 valence electrons. The summed E-state index contributed by atoms with van der Waals surface area (Å²) in [5, 5.41) is 17.6. The third kappa shape index (κ3) is 4.55. The van der Waals surface area contributed by atoms with E-state index >= 15 is 0 Å². The van der Waals surface area contributed by atoms with Crippen LogP contribution in [-0.2, 0) is 0 Å². The first-order valence-electron chi connectivity index (χ1n) is 6.28. The van der Waals surface area contributed by atoms with Crippen molar-refractivity contribution < 1.29 is 14.6 Å². The molecule has 21 heavy (non-hydrogen) atoms. The zero-order chi connectivity index (χ0) is 15.1. The molecule has 0 aromatic heterocycles. The number of hydrogen-bond donors (Lipinski definition) is 1. The second-order valence-electron chi connectivity index (χ2n) is 4.17. The van der Waals surface area contributed by atoms with Crippen molar-refractivity contribution in [2.24, 2.45) is 0 Å². The second kappa shape index (κ2) is 7.36. The molecule has 0 aliphatic carbocycles. The van der Waals surface area contributed by atoms with Crippen LogP contribution in [-0.4, -0.2) is 23.4 Å². The van der Waals surface area contributed by atoms with E-state index in [0.717, 1.165) is 4.90 Å². The summed E-state index contributed by atoms with van der Waals surface area (Å²) in [6.07, 6.45) is 0. The van der Waals surface area contributed by atoms with Gasteiger partial charge >= 0.3 is 5.97 Å². The number of carboxylic acid groups (broad SMARTS) is 1. The Morgan fingerprint density at radius 1 is 1.24 bits per heavy atom. The van der Waals surface area contributed by atoms with Crippen LogP contribution in [0.3, 0.4) is 0 Å². The molecule has 2 rings (SSSR count). The summed E-state index contributed by atoms with van der Waals surface area (Å²) in [5.74, 6) is 0.503. The summed E-state index contributed by atoms with van der Waals surface area (Å²) in [4.78, 5) is 11.8. The molecular formula is C16H13NO3S. The van der Waals surface area contributed by atoms with E-state index in [9.17, 15) is 4.79 Å². The third-order valence-corrected chi connectivity index (χ3v) is 3.64. The molecule has 0 atom stereocenters. The molecule has 0 fully saturated rings. The summed E-state index contributed by atoms with van der Waals surface area (Å²) < 4.78 is 5.56. The molecule has 4 nitrogen and oxygen atoms in total. The van der Waals surface area contributed by atoms with E-state index in [1.54, 1.807) is 42.5 Å². The molecule has 0 aliphatic heterocycles. The average Bonchev–Trinajstić information content (AvgIpc) is 2.52. The van der Waals surface area contributed by atoms with Gasteiger partial charge < -0.3 is 9.84 Å². The van der Waals surface area contributed by atoms with Crippen LogP contribution in [0.4, 0.5) is 0 Å². The van der Waals surface area contributed by atoms with Crippen LogP contribution in [0.5, 0.6) is 5.75 Å². The summed E-state index contributed by atoms with van der Waals surface area (Å²) in [5.41, 5.74) is 0.884. The molecule has 0 unspecified atom stereocenters. The van der Waals surface area contributed by atoms with Crippen LogP contribution >= 0.6 is 11.8 Å². The number of carbonyl (C=O) groups is 1. The maximum atomic E-state index is 10.9. The van der Waals surface area contributed by atoms with Gasteiger partial charge in [-0.2, -0.15) is 5.26 Å². The topological polar surface area (TPSA) is 70.3 Å². The number of nitrogens with zero attached hydrogens (tertiary/aromatic N) is 1. The molecule has 2 aromatic rings. The normalized spacial score (nSPS) is 9.86. The highest BCUT2D eigenvalue weighted by Crippen LogP contribution is 2.19. The first-order chi connectivity index (χ1) is 10.2. The molecule has 1 N–H and O–H groups in total. The van der Waals surface area contributed by atoms with Crippen LogP contribution in [0.1, 0.15) is 15.9 Å². The number of rotatable bonds is 6. The highest BCUT2D eigenvalue weighted by atomic mass is 32.2. The van der Waals surface area contributed by atoms with Gasteiger partial charge in [0.1, 0.15) is 5.75 Å². The summed E-state index contributed by atoms with van der Waals surface area (Å²) in [6, 6.07) is 15.8. The Bertz CT molecular complexity index is 662. The zero-order valence-corrected chi connectivity index (χ0v) is 12.0. The fourth-order valence-corrected chi connectivity index (χ4v) is 2.45. The minimum Gasteiger partial charge on any atom is -0.493 e. The van der Waals surface area contributed by atoms with Crippen molar-refractivity contribution in [3.05, 3.63) is 59.7 Å². The number of benzene rings is 2. The lowest BCUT2D eigenvalue weighted by molar-refractivity contribution is 0.0696. The van der Waals surface area contributed by atoms with Crippen LogP contribution in [0.2, 0.25) is 0 Å². The molecule has 0 bridgehead atoms. The molecule has 0 saturated carbocycles. The largest absolute Gasteiger partial charge is 0.493 e. The van der Waals surface area contributed by atoms with E-state index in [0.29, 0.717) is 23.7 Å². The molecular weight excluding hydrogens is 286 g/mol. The highest BCUT2D eigenvalue weighted by molar-refractivity contribution is 7.99. The monoisotopic (exact) mass is 299 g/mol. The van der Waals surface area contributed by atoms with Gasteiger partial charge in [-0.15, -0.1) is 11.8 Å². The Morgan fingerprint density at radius 3 is 2.67 bits per heavy atom. The standard InChI is InChI=1S/C16H13NO3S/c17-11-12-4-6-14(7-5-12)20-8-9-21-15-3-1-2-13(10-15)16(18)19/h1-7,10H,8-9H2,(H,18,19). The lowest BCUT2D eigenvalue weighted by atomic mass is 10.2. The van der Waals surface area contributed by atoms with E-state index in [1.807, 2.05) is 12.1 Å². The van der Waals surface area contributed by atoms with Crippen LogP contribution in [0.25, 0.3) is 0 Å². The van der Waals surface area contributed by atoms with Gasteiger partial charge in [0, 0.05) is 10.6 Å². The van der Waals surface area contributed by atoms with Crippen LogP contribution < -0.4 is 4.74 Å². The third-order valence-electron chi connectivity index (χ3n) is 2.69. The van der Waals surface area contributed by atoms with Crippen molar-refractivity contribution in [3.63, 3.8) is 0 Å². The molecule has 0 spiro atoms. The van der Waals surface area contributed by atoms with Gasteiger partial charge in [-0.05, 0) is 42.5 Å². The summed E-state index contributed by atoms with van der Waals surface area (Å²) in [6.45, 7) is 0.508. The van der Waals surface area contributed by atoms with Gasteiger partial charge in [-0.1, -0.05) is 6.07 Å². The first-order valence-corrected chi connectivity index (χ1v) is 7.27. The smallest absolute Gasteiger partial charge is 0.335 e. The molecule has 0 saturated heterocycles. The minimum atomic E-state index is -0.925. The van der Waals surface area contributed by atoms with Crippen molar-refractivity contribution in [1.29, 1.82) is 5.26 Å². The number of hydrogen-bond acceptors (Lipinski definition) is 4. The van der Waals surface area contributed by atoms with Gasteiger partial charge in [-0.25, -0.2) is 4.79 Å². The van der Waals surface area contributed by atoms with E-state index in [1.165, 1.54) is 11.8 Å². The van der Waals surface area contributed by atoms with E-state index in [-0.39, 0.29) is 5.56 Å². The van der Waals surface area contributed by atoms with Gasteiger partial charge in [-0.3, -0.25) is 0 Å². The van der Waals surface area contributed by atoms with Crippen molar-refractivity contribution in [3.8, 4) is 11.8 Å². The van der Waals surface area contributed by atoms with Gasteiger partial charge in [0.15, 0.2) is 0 Å². The van der Waals surface area contributed by atoms with Crippen molar-refractivity contribution >= 4 is 17.7 Å². The van der Waals surface area contributed by atoms with E-state index < -0.39 is 5.97 Å². The maximum Gasteiger partial charge on any atom is 0.335 e. The van der Waals surface area contributed by atoms with E-state index in [4.69, 9.17) is 15.1 Å². The highest BCUT2D eigenvalue weighted by Gasteiger charge is 2.03. The second-order valence-corrected chi connectivity index (χ2v) is 5.33. The van der Waals surface area contributed by atoms with Crippen LogP contribution in [0.15, 0.2) is 53.4 Å². The number of thioether (sulfide) groups is 1. The lowest BCUT2D eigenvalue weighted by Gasteiger charge is -2.06. The number of nitriles is 1. The molecule has 0 heterocycles. The lowest BCUT2D eigenvalue weighted by Crippen LogP contribution is -2.00. The van der Waals surface area contributed by atoms with Gasteiger partial charge in [0.2, 0.25) is 0 Å².